The Kier molecular flexibility index (Phi) is 4.68. The van der Waals surface area contributed by atoms with E-state index in [0.29, 0.717) is 29.5 Å². The first kappa shape index (κ1) is 16.0. The summed E-state index contributed by atoms with van der Waals surface area (Å²) in [5, 5.41) is 8.07. The first-order chi connectivity index (χ1) is 11.1. The van der Waals surface area contributed by atoms with Gasteiger partial charge in [-0.25, -0.2) is 4.68 Å². The molecule has 1 aromatic heterocycles. The largest absolute Gasteiger partial charge is 0.348 e. The van der Waals surface area contributed by atoms with Gasteiger partial charge in [0, 0.05) is 17.6 Å². The van der Waals surface area contributed by atoms with E-state index in [9.17, 15) is 4.79 Å². The van der Waals surface area contributed by atoms with Crippen LogP contribution in [0.3, 0.4) is 0 Å². The zero-order valence-electron chi connectivity index (χ0n) is 13.1. The van der Waals surface area contributed by atoms with Crippen molar-refractivity contribution >= 4 is 17.5 Å². The number of aromatic nitrogens is 2. The third-order valence-electron chi connectivity index (χ3n) is 4.26. The lowest BCUT2D eigenvalue weighted by molar-refractivity contribution is 0.0932. The van der Waals surface area contributed by atoms with Crippen molar-refractivity contribution in [3.63, 3.8) is 0 Å². The topological polar surface area (TPSA) is 72.9 Å². The summed E-state index contributed by atoms with van der Waals surface area (Å²) >= 11 is 6.05. The quantitative estimate of drug-likeness (QED) is 0.853. The van der Waals surface area contributed by atoms with Crippen LogP contribution < -0.4 is 11.1 Å². The molecule has 5 nitrogen and oxygen atoms in total. The molecule has 122 valence electrons. The third kappa shape index (κ3) is 3.41. The number of benzene rings is 1. The molecule has 1 amide bonds. The highest BCUT2D eigenvalue weighted by molar-refractivity contribution is 6.30. The van der Waals surface area contributed by atoms with E-state index < -0.39 is 0 Å². The average Bonchev–Trinajstić information content (AvgIpc) is 3.30. The molecule has 1 aliphatic carbocycles. The lowest BCUT2D eigenvalue weighted by Crippen LogP contribution is -2.41. The number of nitrogens with one attached hydrogen (secondary N) is 1. The molecule has 3 rings (SSSR count). The van der Waals surface area contributed by atoms with E-state index in [4.69, 9.17) is 17.3 Å². The van der Waals surface area contributed by atoms with Crippen molar-refractivity contribution in [1.29, 1.82) is 0 Å². The van der Waals surface area contributed by atoms with Crippen LogP contribution in [0.4, 0.5) is 0 Å². The fourth-order valence-electron chi connectivity index (χ4n) is 2.85. The van der Waals surface area contributed by atoms with E-state index in [0.717, 1.165) is 24.2 Å². The lowest BCUT2D eigenvalue weighted by Gasteiger charge is -2.16. The molecule has 1 heterocycles. The van der Waals surface area contributed by atoms with Crippen LogP contribution in [0.15, 0.2) is 30.5 Å². The molecule has 1 aromatic carbocycles. The minimum absolute atomic E-state index is 0.0572. The van der Waals surface area contributed by atoms with E-state index in [1.54, 1.807) is 10.9 Å². The lowest BCUT2D eigenvalue weighted by atomic mass is 10.1. The number of amides is 1. The summed E-state index contributed by atoms with van der Waals surface area (Å²) in [5.41, 5.74) is 8.10. The summed E-state index contributed by atoms with van der Waals surface area (Å²) in [5.74, 6) is 0.425. The number of carbonyl (C=O) groups excluding carboxylic acids is 1. The molecule has 1 aliphatic rings. The van der Waals surface area contributed by atoms with Crippen LogP contribution in [0.5, 0.6) is 0 Å². The van der Waals surface area contributed by atoms with Crippen LogP contribution in [0.1, 0.15) is 35.8 Å². The Hall–Kier alpha value is -1.85. The van der Waals surface area contributed by atoms with Crippen molar-refractivity contribution in [2.24, 2.45) is 11.7 Å². The van der Waals surface area contributed by atoms with Crippen LogP contribution in [-0.4, -0.2) is 28.3 Å². The van der Waals surface area contributed by atoms with Crippen molar-refractivity contribution in [2.45, 2.75) is 32.2 Å². The molecule has 1 atom stereocenters. The summed E-state index contributed by atoms with van der Waals surface area (Å²) in [6.45, 7) is 2.48. The zero-order valence-corrected chi connectivity index (χ0v) is 13.9. The Labute approximate surface area is 140 Å². The van der Waals surface area contributed by atoms with Crippen LogP contribution in [0.25, 0.3) is 5.69 Å². The van der Waals surface area contributed by atoms with Gasteiger partial charge in [-0.1, -0.05) is 24.6 Å². The van der Waals surface area contributed by atoms with E-state index in [1.165, 1.54) is 0 Å². The predicted octanol–water partition coefficient (Wildman–Crippen LogP) is 2.56. The Bertz CT molecular complexity index is 708. The molecule has 23 heavy (non-hydrogen) atoms. The highest BCUT2D eigenvalue weighted by Crippen LogP contribution is 2.32. The number of hydrogen-bond acceptors (Lipinski definition) is 3. The van der Waals surface area contributed by atoms with E-state index in [1.807, 2.05) is 31.2 Å². The molecule has 1 unspecified atom stereocenters. The van der Waals surface area contributed by atoms with Crippen LogP contribution in [0.2, 0.25) is 5.02 Å². The SMILES string of the molecule is CCc1c(C(=O)NC(CN)C2CC2)cnn1-c1cccc(Cl)c1. The van der Waals surface area contributed by atoms with Gasteiger partial charge in [0.15, 0.2) is 0 Å². The van der Waals surface area contributed by atoms with Crippen molar-refractivity contribution in [2.75, 3.05) is 6.54 Å². The number of hydrogen-bond donors (Lipinski definition) is 2. The van der Waals surface area contributed by atoms with Gasteiger partial charge in [-0.2, -0.15) is 5.10 Å². The first-order valence-corrected chi connectivity index (χ1v) is 8.35. The van der Waals surface area contributed by atoms with Crippen molar-refractivity contribution in [3.05, 3.63) is 46.7 Å². The molecule has 2 aromatic rings. The summed E-state index contributed by atoms with van der Waals surface area (Å²) in [6.07, 6.45) is 4.61. The molecule has 0 aliphatic heterocycles. The molecule has 0 saturated heterocycles. The van der Waals surface area contributed by atoms with Gasteiger partial charge < -0.3 is 11.1 Å². The first-order valence-electron chi connectivity index (χ1n) is 7.97. The van der Waals surface area contributed by atoms with Gasteiger partial charge >= 0.3 is 0 Å². The standard InChI is InChI=1S/C17H21ClN4O/c1-2-16-14(17(23)21-15(9-19)11-6-7-11)10-20-22(16)13-5-3-4-12(18)8-13/h3-5,8,10-11,15H,2,6-7,9,19H2,1H3,(H,21,23). The number of nitrogens with two attached hydrogens (primary N) is 1. The van der Waals surface area contributed by atoms with E-state index in [2.05, 4.69) is 10.4 Å². The zero-order chi connectivity index (χ0) is 16.4. The molecule has 0 bridgehead atoms. The maximum atomic E-state index is 12.6. The second kappa shape index (κ2) is 6.72. The fraction of sp³-hybridized carbons (Fsp3) is 0.412. The molecular weight excluding hydrogens is 312 g/mol. The monoisotopic (exact) mass is 332 g/mol. The summed E-state index contributed by atoms with van der Waals surface area (Å²) in [4.78, 5) is 12.6. The molecule has 0 radical (unpaired) electrons. The van der Waals surface area contributed by atoms with Gasteiger partial charge in [0.2, 0.25) is 0 Å². The maximum absolute atomic E-state index is 12.6. The number of carbonyl (C=O) groups is 1. The Balaban J connectivity index is 1.87. The highest BCUT2D eigenvalue weighted by atomic mass is 35.5. The van der Waals surface area contributed by atoms with Gasteiger partial charge in [0.05, 0.1) is 23.1 Å². The minimum atomic E-state index is -0.0996. The Morgan fingerprint density at radius 1 is 1.52 bits per heavy atom. The van der Waals surface area contributed by atoms with Gasteiger partial charge in [0.25, 0.3) is 5.91 Å². The van der Waals surface area contributed by atoms with Crippen LogP contribution in [-0.2, 0) is 6.42 Å². The molecule has 0 spiro atoms. The van der Waals surface area contributed by atoms with Gasteiger partial charge in [-0.15, -0.1) is 0 Å². The molecule has 1 fully saturated rings. The smallest absolute Gasteiger partial charge is 0.255 e. The fourth-order valence-corrected chi connectivity index (χ4v) is 3.03. The minimum Gasteiger partial charge on any atom is -0.348 e. The predicted molar refractivity (Wildman–Crippen MR) is 91.0 cm³/mol. The second-order valence-corrected chi connectivity index (χ2v) is 6.34. The number of halogens is 1. The Morgan fingerprint density at radius 3 is 2.91 bits per heavy atom. The van der Waals surface area contributed by atoms with E-state index in [-0.39, 0.29) is 11.9 Å². The van der Waals surface area contributed by atoms with E-state index >= 15 is 0 Å². The molecular formula is C17H21ClN4O. The maximum Gasteiger partial charge on any atom is 0.255 e. The van der Waals surface area contributed by atoms with Crippen LogP contribution >= 0.6 is 11.6 Å². The normalized spacial score (nSPS) is 15.4. The van der Waals surface area contributed by atoms with Crippen molar-refractivity contribution < 1.29 is 4.79 Å². The second-order valence-electron chi connectivity index (χ2n) is 5.90. The summed E-state index contributed by atoms with van der Waals surface area (Å²) in [6, 6.07) is 7.50. The van der Waals surface area contributed by atoms with Crippen molar-refractivity contribution in [3.8, 4) is 5.69 Å². The molecule has 6 heteroatoms. The van der Waals surface area contributed by atoms with Gasteiger partial charge in [0.1, 0.15) is 0 Å². The average molecular weight is 333 g/mol. The molecule has 3 N–H and O–H groups in total. The number of nitrogens with zero attached hydrogens (tertiary/aromatic N) is 2. The van der Waals surface area contributed by atoms with Gasteiger partial charge in [-0.3, -0.25) is 4.79 Å². The van der Waals surface area contributed by atoms with Gasteiger partial charge in [-0.05, 0) is 43.4 Å². The molecule has 1 saturated carbocycles. The van der Waals surface area contributed by atoms with Crippen molar-refractivity contribution in [1.82, 2.24) is 15.1 Å². The summed E-state index contributed by atoms with van der Waals surface area (Å²) < 4.78 is 1.77. The number of rotatable bonds is 6. The summed E-state index contributed by atoms with van der Waals surface area (Å²) in [7, 11) is 0. The highest BCUT2D eigenvalue weighted by Gasteiger charge is 2.32. The third-order valence-corrected chi connectivity index (χ3v) is 4.50. The van der Waals surface area contributed by atoms with Crippen LogP contribution in [0, 0.1) is 5.92 Å². The Morgan fingerprint density at radius 2 is 2.30 bits per heavy atom.